The fraction of sp³-hybridized carbons (Fsp3) is 0.0323. The van der Waals surface area contributed by atoms with Gasteiger partial charge in [0.25, 0.3) is 0 Å². The van der Waals surface area contributed by atoms with E-state index in [1.165, 1.54) is 98.5 Å². The van der Waals surface area contributed by atoms with Crippen LogP contribution in [0.2, 0.25) is 0 Å². The van der Waals surface area contributed by atoms with Crippen LogP contribution in [0.25, 0.3) is 93.1 Å². The summed E-state index contributed by atoms with van der Waals surface area (Å²) in [6, 6.07) is 82.5. The summed E-state index contributed by atoms with van der Waals surface area (Å²) >= 11 is 0. The van der Waals surface area contributed by atoms with Crippen LogP contribution in [0.4, 0.5) is 17.1 Å². The lowest BCUT2D eigenvalue weighted by Gasteiger charge is -2.30. The molecule has 0 radical (unpaired) electrons. The summed E-state index contributed by atoms with van der Waals surface area (Å²) in [5.41, 5.74) is 15.7. The van der Waals surface area contributed by atoms with Crippen molar-refractivity contribution in [3.8, 4) is 39.1 Å². The molecule has 302 valence electrons. The third kappa shape index (κ3) is 6.02. The quantitative estimate of drug-likeness (QED) is 0.146. The van der Waals surface area contributed by atoms with E-state index >= 15 is 0 Å². The molecule has 0 saturated carbocycles. The van der Waals surface area contributed by atoms with E-state index in [0.29, 0.717) is 0 Å². The van der Waals surface area contributed by atoms with Gasteiger partial charge in [-0.2, -0.15) is 0 Å². The summed E-state index contributed by atoms with van der Waals surface area (Å²) in [7, 11) is 0. The summed E-state index contributed by atoms with van der Waals surface area (Å²) in [5.74, 6) is 0. The Hall–Kier alpha value is -8.20. The smallest absolute Gasteiger partial charge is 0.0618 e. The lowest BCUT2D eigenvalue weighted by molar-refractivity contribution is 1.12. The summed E-state index contributed by atoms with van der Waals surface area (Å²) in [5, 5.41) is 11.1. The average Bonchev–Trinajstić information content (AvgIpc) is 3.70. The monoisotopic (exact) mass is 816 g/mol. The van der Waals surface area contributed by atoms with E-state index in [-0.39, 0.29) is 0 Å². The Bertz CT molecular complexity index is 3670. The van der Waals surface area contributed by atoms with Gasteiger partial charge >= 0.3 is 0 Å². The number of benzene rings is 11. The van der Waals surface area contributed by atoms with Crippen molar-refractivity contribution < 1.29 is 0 Å². The van der Waals surface area contributed by atoms with Crippen LogP contribution in [0, 0.1) is 13.8 Å². The molecule has 0 unspecified atom stereocenters. The number of anilines is 3. The molecule has 0 aliphatic rings. The van der Waals surface area contributed by atoms with Crippen LogP contribution in [0.15, 0.2) is 231 Å². The zero-order chi connectivity index (χ0) is 42.7. The standard InChI is InChI=1S/C62H44N2/c1-41-33-38-54-57(39-41)59(49-25-10-9-24-48(49)43-19-5-3-6-20-43)50-26-11-12-27-51(50)60(54)61-52-28-13-15-30-55(52)62(56-31-16-14-29-53(56)61)64(45-21-7-4-8-22-45)46-36-34-44(35-37-46)63-40-42(2)47-23-17-18-32-58(47)63/h3-40H,1-2H3. The van der Waals surface area contributed by atoms with Gasteiger partial charge in [0.1, 0.15) is 0 Å². The largest absolute Gasteiger partial charge is 0.316 e. The number of rotatable bonds is 7. The van der Waals surface area contributed by atoms with E-state index in [2.05, 4.69) is 254 Å². The van der Waals surface area contributed by atoms with E-state index < -0.39 is 0 Å². The van der Waals surface area contributed by atoms with Crippen molar-refractivity contribution in [1.29, 1.82) is 0 Å². The molecule has 0 atom stereocenters. The number of para-hydroxylation sites is 2. The van der Waals surface area contributed by atoms with Crippen LogP contribution in [-0.4, -0.2) is 4.57 Å². The Labute approximate surface area is 373 Å². The van der Waals surface area contributed by atoms with Crippen molar-refractivity contribution in [3.63, 3.8) is 0 Å². The number of nitrogens with zero attached hydrogens (tertiary/aromatic N) is 2. The fourth-order valence-corrected chi connectivity index (χ4v) is 10.3. The zero-order valence-electron chi connectivity index (χ0n) is 35.8. The van der Waals surface area contributed by atoms with Crippen LogP contribution < -0.4 is 4.90 Å². The van der Waals surface area contributed by atoms with Crippen LogP contribution in [0.5, 0.6) is 0 Å². The minimum Gasteiger partial charge on any atom is -0.316 e. The number of aromatic nitrogens is 1. The Kier molecular flexibility index (Phi) is 8.98. The zero-order valence-corrected chi connectivity index (χ0v) is 35.8. The van der Waals surface area contributed by atoms with E-state index in [4.69, 9.17) is 0 Å². The van der Waals surface area contributed by atoms with Crippen molar-refractivity contribution in [1.82, 2.24) is 4.57 Å². The summed E-state index contributed by atoms with van der Waals surface area (Å²) in [6.45, 7) is 4.41. The normalized spacial score (nSPS) is 11.6. The number of hydrogen-bond acceptors (Lipinski definition) is 1. The van der Waals surface area contributed by atoms with Crippen molar-refractivity contribution in [3.05, 3.63) is 242 Å². The molecule has 0 bridgehead atoms. The first-order chi connectivity index (χ1) is 31.6. The summed E-state index contributed by atoms with van der Waals surface area (Å²) in [6.07, 6.45) is 2.25. The maximum atomic E-state index is 2.46. The molecule has 12 aromatic rings. The van der Waals surface area contributed by atoms with Gasteiger partial charge in [-0.3, -0.25) is 0 Å². The fourth-order valence-electron chi connectivity index (χ4n) is 10.3. The van der Waals surface area contributed by atoms with Crippen molar-refractivity contribution in [2.45, 2.75) is 13.8 Å². The molecule has 0 fully saturated rings. The van der Waals surface area contributed by atoms with Gasteiger partial charge in [0.2, 0.25) is 0 Å². The van der Waals surface area contributed by atoms with Gasteiger partial charge in [0.15, 0.2) is 0 Å². The molecule has 0 aliphatic carbocycles. The van der Waals surface area contributed by atoms with Crippen LogP contribution in [-0.2, 0) is 0 Å². The second-order valence-electron chi connectivity index (χ2n) is 17.0. The molecule has 0 amide bonds. The Morgan fingerprint density at radius 3 is 1.45 bits per heavy atom. The van der Waals surface area contributed by atoms with Crippen molar-refractivity contribution >= 4 is 71.1 Å². The van der Waals surface area contributed by atoms with Gasteiger partial charge in [-0.1, -0.05) is 188 Å². The van der Waals surface area contributed by atoms with Crippen molar-refractivity contribution in [2.75, 3.05) is 4.90 Å². The van der Waals surface area contributed by atoms with E-state index in [1.807, 2.05) is 0 Å². The van der Waals surface area contributed by atoms with Gasteiger partial charge in [-0.05, 0) is 128 Å². The molecule has 12 rings (SSSR count). The minimum atomic E-state index is 1.10. The SMILES string of the molecule is Cc1ccc2c(-c3c4ccccc4c(N(c4ccccc4)c4ccc(-n5cc(C)c6ccccc65)cc4)c4ccccc34)c3ccccc3c(-c3ccccc3-c3ccccc3)c2c1. The summed E-state index contributed by atoms with van der Waals surface area (Å²) in [4.78, 5) is 2.46. The molecule has 1 heterocycles. The molecule has 0 aliphatic heterocycles. The highest BCUT2D eigenvalue weighted by Crippen LogP contribution is 2.53. The molecule has 2 heteroatoms. The molecule has 2 nitrogen and oxygen atoms in total. The lowest BCUT2D eigenvalue weighted by Crippen LogP contribution is -2.11. The van der Waals surface area contributed by atoms with Crippen LogP contribution in [0.1, 0.15) is 11.1 Å². The molecule has 0 N–H and O–H groups in total. The second-order valence-corrected chi connectivity index (χ2v) is 17.0. The average molecular weight is 817 g/mol. The first-order valence-corrected chi connectivity index (χ1v) is 22.2. The molecular weight excluding hydrogens is 773 g/mol. The predicted molar refractivity (Wildman–Crippen MR) is 274 cm³/mol. The predicted octanol–water partition coefficient (Wildman–Crippen LogP) is 17.3. The number of aryl methyl sites for hydroxylation is 2. The van der Waals surface area contributed by atoms with E-state index in [1.54, 1.807) is 0 Å². The van der Waals surface area contributed by atoms with Gasteiger partial charge < -0.3 is 9.47 Å². The molecule has 0 saturated heterocycles. The lowest BCUT2D eigenvalue weighted by atomic mass is 9.81. The summed E-state index contributed by atoms with van der Waals surface area (Å²) < 4.78 is 2.31. The molecular formula is C62H44N2. The number of hydrogen-bond donors (Lipinski definition) is 0. The maximum Gasteiger partial charge on any atom is 0.0618 e. The highest BCUT2D eigenvalue weighted by Gasteiger charge is 2.26. The highest BCUT2D eigenvalue weighted by atomic mass is 15.1. The first kappa shape index (κ1) is 37.6. The van der Waals surface area contributed by atoms with Crippen LogP contribution >= 0.6 is 0 Å². The van der Waals surface area contributed by atoms with Gasteiger partial charge in [-0.15, -0.1) is 0 Å². The third-order valence-electron chi connectivity index (χ3n) is 13.1. The molecule has 1 aromatic heterocycles. The maximum absolute atomic E-state index is 2.46. The minimum absolute atomic E-state index is 1.10. The Balaban J connectivity index is 1.14. The van der Waals surface area contributed by atoms with E-state index in [9.17, 15) is 0 Å². The number of fused-ring (bicyclic) bond motifs is 5. The van der Waals surface area contributed by atoms with Gasteiger partial charge in [0, 0.05) is 39.4 Å². The van der Waals surface area contributed by atoms with Crippen LogP contribution in [0.3, 0.4) is 0 Å². The topological polar surface area (TPSA) is 8.17 Å². The van der Waals surface area contributed by atoms with Gasteiger partial charge in [0.05, 0.1) is 11.2 Å². The van der Waals surface area contributed by atoms with E-state index in [0.717, 1.165) is 22.7 Å². The van der Waals surface area contributed by atoms with Gasteiger partial charge in [-0.25, -0.2) is 0 Å². The highest BCUT2D eigenvalue weighted by molar-refractivity contribution is 6.30. The molecule has 11 aromatic carbocycles. The Morgan fingerprint density at radius 2 is 0.812 bits per heavy atom. The third-order valence-corrected chi connectivity index (χ3v) is 13.1. The molecule has 0 spiro atoms. The first-order valence-electron chi connectivity index (χ1n) is 22.2. The Morgan fingerprint density at radius 1 is 0.344 bits per heavy atom. The molecule has 64 heavy (non-hydrogen) atoms. The van der Waals surface area contributed by atoms with Crippen molar-refractivity contribution in [2.24, 2.45) is 0 Å². The second kappa shape index (κ2) is 15.3.